The van der Waals surface area contributed by atoms with Crippen molar-refractivity contribution in [2.24, 2.45) is 0 Å². The van der Waals surface area contributed by atoms with Crippen LogP contribution in [0.2, 0.25) is 0 Å². The molecule has 0 atom stereocenters. The van der Waals surface area contributed by atoms with Gasteiger partial charge in [0.25, 0.3) is 0 Å². The van der Waals surface area contributed by atoms with Crippen LogP contribution in [-0.2, 0) is 0 Å². The Morgan fingerprint density at radius 1 is 1.30 bits per heavy atom. The molecule has 0 aliphatic rings. The second-order valence-corrected chi connectivity index (χ2v) is 3.31. The molecule has 1 rings (SSSR count). The molecule has 0 amide bonds. The molecule has 0 nitrogen and oxygen atoms in total. The minimum absolute atomic E-state index is 0. The van der Waals surface area contributed by atoms with Crippen molar-refractivity contribution >= 4 is 22.6 Å². The maximum Gasteiger partial charge on any atom is 0 e. The van der Waals surface area contributed by atoms with E-state index in [0.29, 0.717) is 0 Å². The Balaban J connectivity index is 0.000000810. The predicted octanol–water partition coefficient (Wildman–Crippen LogP) is 2.71. The zero-order chi connectivity index (χ0) is 6.85. The van der Waals surface area contributed by atoms with Gasteiger partial charge in [0.15, 0.2) is 0 Å². The standard InChI is InChI=1S/C8H8I.Rf/c1-6-3-4-8(9)5-7(6)2;/h3,5H,1-2H3;/q-1;. The average Bonchev–Trinajstić information content (AvgIpc) is 1.80. The van der Waals surface area contributed by atoms with Gasteiger partial charge in [-0.25, -0.2) is 0 Å². The van der Waals surface area contributed by atoms with Crippen molar-refractivity contribution in [2.75, 3.05) is 0 Å². The molecular formula is C8H8IRf-. The predicted molar refractivity (Wildman–Crippen MR) is 47.5 cm³/mol. The molecule has 0 aliphatic carbocycles. The summed E-state index contributed by atoms with van der Waals surface area (Å²) in [5.74, 6) is 0. The zero-order valence-electron chi connectivity index (χ0n) is 6.24. The van der Waals surface area contributed by atoms with Gasteiger partial charge in [-0.3, -0.25) is 0 Å². The van der Waals surface area contributed by atoms with Gasteiger partial charge in [-0.1, -0.05) is 40.0 Å². The summed E-state index contributed by atoms with van der Waals surface area (Å²) in [5, 5.41) is 0. The maximum absolute atomic E-state index is 3.13. The number of hydrogen-bond acceptors (Lipinski definition) is 0. The van der Waals surface area contributed by atoms with Crippen LogP contribution in [0.15, 0.2) is 12.1 Å². The third kappa shape index (κ3) is 1.72. The summed E-state index contributed by atoms with van der Waals surface area (Å²) in [6.07, 6.45) is 0. The van der Waals surface area contributed by atoms with Crippen molar-refractivity contribution in [1.29, 1.82) is 0 Å². The molecule has 0 saturated heterocycles. The molecule has 0 spiro atoms. The molecule has 0 aromatic heterocycles. The molecule has 10 heavy (non-hydrogen) atoms. The summed E-state index contributed by atoms with van der Waals surface area (Å²) in [6.45, 7) is 4.22. The maximum atomic E-state index is 3.13. The van der Waals surface area contributed by atoms with Gasteiger partial charge in [0.05, 0.1) is 0 Å². The molecule has 2 heteroatoms. The minimum atomic E-state index is 0. The fraction of sp³-hybridized carbons (Fsp3) is 0.250. The Morgan fingerprint density at radius 2 is 1.90 bits per heavy atom. The van der Waals surface area contributed by atoms with Gasteiger partial charge in [-0.05, 0) is 0 Å². The Kier molecular flexibility index (Phi) is 2.87. The van der Waals surface area contributed by atoms with E-state index in [9.17, 15) is 0 Å². The van der Waals surface area contributed by atoms with Crippen molar-refractivity contribution in [1.82, 2.24) is 0 Å². The number of aryl methyl sites for hydroxylation is 2. The molecule has 1 aromatic rings. The van der Waals surface area contributed by atoms with E-state index in [2.05, 4.69) is 48.6 Å². The summed E-state index contributed by atoms with van der Waals surface area (Å²) in [6, 6.07) is 7.29. The summed E-state index contributed by atoms with van der Waals surface area (Å²) in [4.78, 5) is 0. The van der Waals surface area contributed by atoms with E-state index in [1.165, 1.54) is 14.7 Å². The normalized spacial score (nSPS) is 8.70. The molecule has 0 saturated carbocycles. The molecular weight excluding hydrogens is 490 g/mol. The van der Waals surface area contributed by atoms with Crippen LogP contribution in [0, 0.1) is 23.5 Å². The van der Waals surface area contributed by atoms with Gasteiger partial charge >= 0.3 is 0 Å². The quantitative estimate of drug-likeness (QED) is 0.382. The van der Waals surface area contributed by atoms with Gasteiger partial charge in [0.2, 0.25) is 0 Å². The first-order chi connectivity index (χ1) is 4.20. The van der Waals surface area contributed by atoms with Crippen LogP contribution >= 0.6 is 22.6 Å². The molecule has 0 radical (unpaired) electrons. The number of rotatable bonds is 0. The molecule has 0 fully saturated rings. The molecule has 0 N–H and O–H groups in total. The Bertz CT molecular complexity index is 220. The topological polar surface area (TPSA) is 0 Å². The second-order valence-electron chi connectivity index (χ2n) is 2.15. The fourth-order valence-electron chi connectivity index (χ4n) is 0.637. The molecule has 50 valence electrons. The van der Waals surface area contributed by atoms with E-state index in [1.54, 1.807) is 0 Å². The summed E-state index contributed by atoms with van der Waals surface area (Å²) in [5.41, 5.74) is 2.66. The van der Waals surface area contributed by atoms with Crippen molar-refractivity contribution in [2.45, 2.75) is 13.8 Å². The monoisotopic (exact) mass is 498 g/mol. The Hall–Kier alpha value is -1.05. The smallest absolute Gasteiger partial charge is 0 e. The Morgan fingerprint density at radius 3 is 2.30 bits per heavy atom. The number of halogens is 1. The second kappa shape index (κ2) is 3.20. The first kappa shape index (κ1) is 8.95. The molecule has 0 aliphatic heterocycles. The average molecular weight is 498 g/mol. The summed E-state index contributed by atoms with van der Waals surface area (Å²) < 4.78 is 1.19. The third-order valence-electron chi connectivity index (χ3n) is 1.39. The first-order valence-electron chi connectivity index (χ1n) is 2.84. The van der Waals surface area contributed by atoms with Crippen molar-refractivity contribution < 1.29 is 0 Å². The first-order valence-corrected chi connectivity index (χ1v) is 3.92. The van der Waals surface area contributed by atoms with Crippen LogP contribution in [-0.4, -0.2) is 0 Å². The van der Waals surface area contributed by atoms with Gasteiger partial charge in [-0.15, -0.1) is 0 Å². The molecule has 0 unspecified atom stereocenters. The third-order valence-corrected chi connectivity index (χ3v) is 2.01. The summed E-state index contributed by atoms with van der Waals surface area (Å²) >= 11 is 2.27. The van der Waals surface area contributed by atoms with E-state index < -0.39 is 0 Å². The summed E-state index contributed by atoms with van der Waals surface area (Å²) in [7, 11) is 0. The van der Waals surface area contributed by atoms with E-state index >= 15 is 0 Å². The SMILES string of the molecule is Cc1c[c-]c(I)cc1C.[Rf]. The molecule has 0 heterocycles. The molecule has 1 aromatic carbocycles. The largest absolute Gasteiger partial charge is 0.173 e. The molecule has 0 bridgehead atoms. The number of hydrogen-bond donors (Lipinski definition) is 0. The van der Waals surface area contributed by atoms with Crippen molar-refractivity contribution in [3.8, 4) is 0 Å². The van der Waals surface area contributed by atoms with E-state index in [4.69, 9.17) is 0 Å². The number of benzene rings is 1. The van der Waals surface area contributed by atoms with Crippen LogP contribution < -0.4 is 0 Å². The Labute approximate surface area is 69.4 Å². The van der Waals surface area contributed by atoms with E-state index in [-0.39, 0.29) is 0 Å². The van der Waals surface area contributed by atoms with Crippen LogP contribution in [0.1, 0.15) is 11.1 Å². The van der Waals surface area contributed by atoms with Crippen LogP contribution in [0.4, 0.5) is 0 Å². The van der Waals surface area contributed by atoms with E-state index in [1.807, 2.05) is 6.07 Å². The van der Waals surface area contributed by atoms with Gasteiger partial charge < -0.3 is 0 Å². The minimum Gasteiger partial charge on any atom is -0.173 e. The zero-order valence-corrected chi connectivity index (χ0v) is 14.8. The van der Waals surface area contributed by atoms with E-state index in [0.717, 1.165) is 0 Å². The van der Waals surface area contributed by atoms with Gasteiger partial charge in [0, 0.05) is 0 Å². The van der Waals surface area contributed by atoms with Crippen LogP contribution in [0.25, 0.3) is 0 Å². The van der Waals surface area contributed by atoms with Crippen LogP contribution in [0.3, 0.4) is 0 Å². The van der Waals surface area contributed by atoms with Gasteiger partial charge in [-0.2, -0.15) is 29.3 Å². The van der Waals surface area contributed by atoms with Crippen molar-refractivity contribution in [3.05, 3.63) is 32.9 Å². The fourth-order valence-corrected chi connectivity index (χ4v) is 1.26. The van der Waals surface area contributed by atoms with Gasteiger partial charge in [0.1, 0.15) is 0 Å². The van der Waals surface area contributed by atoms with Crippen LogP contribution in [0.5, 0.6) is 0 Å². The van der Waals surface area contributed by atoms with Crippen molar-refractivity contribution in [3.63, 3.8) is 0 Å².